The minimum absolute atomic E-state index is 0. The van der Waals surface area contributed by atoms with Crippen LogP contribution < -0.4 is 0 Å². The van der Waals surface area contributed by atoms with Gasteiger partial charge in [-0.25, -0.2) is 0 Å². The van der Waals surface area contributed by atoms with Crippen molar-refractivity contribution in [3.8, 4) is 21.7 Å². The molecule has 239 valence electrons. The Morgan fingerprint density at radius 3 is 2.14 bits per heavy atom. The molecule has 3 nitrogen and oxygen atoms in total. The van der Waals surface area contributed by atoms with Crippen molar-refractivity contribution < 1.29 is 30.0 Å². The van der Waals surface area contributed by atoms with Crippen molar-refractivity contribution in [2.45, 2.75) is 100 Å². The zero-order valence-electron chi connectivity index (χ0n) is 28.2. The predicted molar refractivity (Wildman–Crippen MR) is 186 cm³/mol. The van der Waals surface area contributed by atoms with E-state index in [4.69, 9.17) is 4.98 Å². The van der Waals surface area contributed by atoms with Gasteiger partial charge in [0, 0.05) is 59.5 Å². The molecule has 0 saturated carbocycles. The Labute approximate surface area is 283 Å². The van der Waals surface area contributed by atoms with Crippen LogP contribution >= 0.6 is 11.3 Å². The number of allylic oxidation sites excluding steroid dienone is 2. The summed E-state index contributed by atoms with van der Waals surface area (Å²) in [5, 5.41) is 11.1. The van der Waals surface area contributed by atoms with Crippen LogP contribution in [-0.2, 0) is 30.3 Å². The van der Waals surface area contributed by atoms with Gasteiger partial charge in [0.15, 0.2) is 5.78 Å². The van der Waals surface area contributed by atoms with Gasteiger partial charge in [-0.1, -0.05) is 86.6 Å². The van der Waals surface area contributed by atoms with Crippen LogP contribution in [-0.4, -0.2) is 15.9 Å². The van der Waals surface area contributed by atoms with Crippen molar-refractivity contribution in [1.29, 1.82) is 0 Å². The summed E-state index contributed by atoms with van der Waals surface area (Å²) in [5.74, 6) is 0.547. The van der Waals surface area contributed by atoms with Gasteiger partial charge in [-0.15, -0.1) is 46.2 Å². The molecule has 0 spiro atoms. The fourth-order valence-corrected chi connectivity index (χ4v) is 7.08. The van der Waals surface area contributed by atoms with Gasteiger partial charge in [0.05, 0.1) is 5.76 Å². The van der Waals surface area contributed by atoms with E-state index in [2.05, 4.69) is 90.1 Å². The van der Waals surface area contributed by atoms with Crippen LogP contribution in [0.3, 0.4) is 0 Å². The van der Waals surface area contributed by atoms with Crippen LogP contribution in [0.25, 0.3) is 31.8 Å². The predicted octanol–water partition coefficient (Wildman–Crippen LogP) is 11.5. The van der Waals surface area contributed by atoms with E-state index < -0.39 is 0 Å². The molecule has 1 N–H and O–H groups in total. The number of ketones is 1. The quantitative estimate of drug-likeness (QED) is 0.104. The van der Waals surface area contributed by atoms with Gasteiger partial charge in [0.2, 0.25) is 0 Å². The van der Waals surface area contributed by atoms with Gasteiger partial charge < -0.3 is 10.1 Å². The number of thiophene rings is 1. The first-order valence-corrected chi connectivity index (χ1v) is 16.6. The van der Waals surface area contributed by atoms with Gasteiger partial charge in [-0.2, -0.15) is 0 Å². The first-order valence-electron chi connectivity index (χ1n) is 15.8. The number of aryl methyl sites for hydroxylation is 3. The summed E-state index contributed by atoms with van der Waals surface area (Å²) in [6.45, 7) is 21.4. The van der Waals surface area contributed by atoms with Gasteiger partial charge in [-0.3, -0.25) is 4.79 Å². The van der Waals surface area contributed by atoms with Crippen molar-refractivity contribution in [2.75, 3.05) is 0 Å². The Bertz CT molecular complexity index is 1550. The van der Waals surface area contributed by atoms with Crippen molar-refractivity contribution >= 4 is 27.2 Å². The minimum atomic E-state index is 0. The number of hydrogen-bond donors (Lipinski definition) is 1. The van der Waals surface area contributed by atoms with E-state index in [1.165, 1.54) is 43.3 Å². The molecule has 0 aliphatic carbocycles. The Balaban J connectivity index is 0.000000363. The van der Waals surface area contributed by atoms with Gasteiger partial charge in [0.25, 0.3) is 0 Å². The second kappa shape index (κ2) is 16.6. The van der Waals surface area contributed by atoms with Crippen LogP contribution in [0.15, 0.2) is 60.5 Å². The standard InChI is InChI=1S/C26H26NS.C13H24O2.Ir/c1-16-13-17(2)15-19(14-16)23-25-20(11-12-27-23)18(3)24(28-25)21-9-7-8-10-22(21)26(4,5)6;1-5-10(6-2)12(14)9-13(15)11(7-3)8-4;/h7-14H,1-6H3;9-11,14H,5-8H2,1-4H3;/q-1;;/b;12-9-;. The summed E-state index contributed by atoms with van der Waals surface area (Å²) in [7, 11) is 0. The monoisotopic (exact) mass is 789 g/mol. The van der Waals surface area contributed by atoms with Crippen molar-refractivity contribution in [2.24, 2.45) is 11.8 Å². The van der Waals surface area contributed by atoms with Crippen LogP contribution in [0.4, 0.5) is 0 Å². The molecule has 0 saturated heterocycles. The molecule has 0 fully saturated rings. The molecule has 0 amide bonds. The van der Waals surface area contributed by atoms with Crippen molar-refractivity contribution in [1.82, 2.24) is 4.98 Å². The molecule has 4 rings (SSSR count). The molecule has 1 radical (unpaired) electrons. The molecular weight excluding hydrogens is 739 g/mol. The molecule has 0 unspecified atom stereocenters. The van der Waals surface area contributed by atoms with E-state index >= 15 is 0 Å². The smallest absolute Gasteiger partial charge is 0.162 e. The van der Waals surface area contributed by atoms with Crippen molar-refractivity contribution in [3.63, 3.8) is 0 Å². The Morgan fingerprint density at radius 1 is 0.955 bits per heavy atom. The number of aromatic nitrogens is 1. The van der Waals surface area contributed by atoms with E-state index in [0.717, 1.165) is 42.5 Å². The molecule has 2 heterocycles. The summed E-state index contributed by atoms with van der Waals surface area (Å²) in [5.41, 5.74) is 8.68. The molecule has 44 heavy (non-hydrogen) atoms. The average Bonchev–Trinajstić information content (AvgIpc) is 3.30. The summed E-state index contributed by atoms with van der Waals surface area (Å²) in [6, 6.07) is 18.8. The zero-order chi connectivity index (χ0) is 31.9. The van der Waals surface area contributed by atoms with Gasteiger partial charge in [0.1, 0.15) is 0 Å². The summed E-state index contributed by atoms with van der Waals surface area (Å²) < 4.78 is 1.25. The van der Waals surface area contributed by atoms with Crippen LogP contribution in [0.2, 0.25) is 0 Å². The number of carbonyl (C=O) groups excluding carboxylic acids is 1. The SMILES string of the molecule is CCC(CC)C(=O)/C=C(\O)C(CC)CC.Cc1[c-]c(-c2nccc3c(C)c(-c4ccccc4C(C)(C)C)sc23)cc(C)c1.[Ir]. The molecule has 0 atom stereocenters. The van der Waals surface area contributed by atoms with E-state index in [1.807, 2.05) is 45.2 Å². The van der Waals surface area contributed by atoms with Gasteiger partial charge >= 0.3 is 0 Å². The second-order valence-electron chi connectivity index (χ2n) is 12.6. The van der Waals surface area contributed by atoms with E-state index in [0.29, 0.717) is 0 Å². The average molecular weight is 789 g/mol. The molecule has 4 aromatic rings. The number of hydrogen-bond acceptors (Lipinski definition) is 4. The third-order valence-corrected chi connectivity index (χ3v) is 9.67. The van der Waals surface area contributed by atoms with E-state index in [1.54, 1.807) is 0 Å². The van der Waals surface area contributed by atoms with E-state index in [-0.39, 0.29) is 48.9 Å². The molecule has 0 aliphatic heterocycles. The first-order chi connectivity index (χ1) is 20.4. The summed E-state index contributed by atoms with van der Waals surface area (Å²) in [4.78, 5) is 17.8. The molecular formula is C39H50IrNO2S-. The molecule has 5 heteroatoms. The first kappa shape index (κ1) is 37.6. The minimum Gasteiger partial charge on any atom is -0.512 e. The molecule has 2 aromatic heterocycles. The maximum absolute atomic E-state index is 11.7. The van der Waals surface area contributed by atoms with Gasteiger partial charge in [-0.05, 0) is 66.2 Å². The third-order valence-electron chi connectivity index (χ3n) is 8.32. The molecule has 0 aliphatic rings. The normalized spacial score (nSPS) is 11.9. The topological polar surface area (TPSA) is 50.2 Å². The molecule has 0 bridgehead atoms. The van der Waals surface area contributed by atoms with E-state index in [9.17, 15) is 9.90 Å². The van der Waals surface area contributed by atoms with Crippen LogP contribution in [0.1, 0.15) is 96.4 Å². The number of pyridine rings is 1. The Morgan fingerprint density at radius 2 is 1.57 bits per heavy atom. The zero-order valence-corrected chi connectivity index (χ0v) is 31.4. The maximum Gasteiger partial charge on any atom is 0.162 e. The second-order valence-corrected chi connectivity index (χ2v) is 13.7. The number of nitrogens with zero attached hydrogens (tertiary/aromatic N) is 1. The number of aliphatic hydroxyl groups is 1. The maximum atomic E-state index is 11.7. The largest absolute Gasteiger partial charge is 0.512 e. The Kier molecular flexibility index (Phi) is 14.2. The fourth-order valence-electron chi connectivity index (χ4n) is 5.73. The van der Waals surface area contributed by atoms with Crippen LogP contribution in [0, 0.1) is 38.7 Å². The number of benzene rings is 2. The Hall–Kier alpha value is -2.59. The number of aliphatic hydroxyl groups excluding tert-OH is 1. The van der Waals surface area contributed by atoms with Crippen LogP contribution in [0.5, 0.6) is 0 Å². The molecule has 2 aromatic carbocycles. The number of carbonyl (C=O) groups is 1. The summed E-state index contributed by atoms with van der Waals surface area (Å²) in [6.07, 6.45) is 6.84. The summed E-state index contributed by atoms with van der Waals surface area (Å²) >= 11 is 1.86. The van der Waals surface area contributed by atoms with Crippen molar-refractivity contribution in [3.05, 3.63) is 88.8 Å². The number of fused-ring (bicyclic) bond motifs is 1. The number of rotatable bonds is 9. The third kappa shape index (κ3) is 8.99. The fraction of sp³-hybridized carbons (Fsp3) is 0.436.